The van der Waals surface area contributed by atoms with E-state index < -0.39 is 0 Å². The smallest absolute Gasteiger partial charge is 0.0988 e. The molecule has 0 spiro atoms. The molecule has 2 nitrogen and oxygen atoms in total. The molecule has 1 aliphatic rings. The van der Waals surface area contributed by atoms with Gasteiger partial charge in [0.25, 0.3) is 0 Å². The van der Waals surface area contributed by atoms with Gasteiger partial charge in [-0.25, -0.2) is 0 Å². The third-order valence-corrected chi connectivity index (χ3v) is 1.83. The summed E-state index contributed by atoms with van der Waals surface area (Å²) in [6.45, 7) is 3.32. The zero-order chi connectivity index (χ0) is 6.69. The van der Waals surface area contributed by atoms with Crippen LogP contribution in [0.5, 0.6) is 0 Å². The Morgan fingerprint density at radius 3 is 2.89 bits per heavy atom. The average Bonchev–Trinajstić information content (AvgIpc) is 1.89. The van der Waals surface area contributed by atoms with Gasteiger partial charge < -0.3 is 5.32 Å². The van der Waals surface area contributed by atoms with Gasteiger partial charge in [0.2, 0.25) is 0 Å². The Morgan fingerprint density at radius 1 is 1.67 bits per heavy atom. The Morgan fingerprint density at radius 2 is 2.44 bits per heavy atom. The van der Waals surface area contributed by atoms with Crippen LogP contribution < -0.4 is 5.32 Å². The van der Waals surface area contributed by atoms with Gasteiger partial charge in [-0.1, -0.05) is 6.92 Å². The number of nitrogens with zero attached hydrogens (tertiary/aromatic N) is 1. The Balaban J connectivity index is 2.49. The standard InChI is InChI=1S/C7H14N2/c1-6-4-3-5-9-7(6)8-2/h6H,3-5H2,1-2H3,(H,8,9). The fourth-order valence-electron chi connectivity index (χ4n) is 1.24. The predicted octanol–water partition coefficient (Wildman–Crippen LogP) is 1.03. The molecule has 0 aromatic carbocycles. The second-order valence-corrected chi connectivity index (χ2v) is 2.58. The molecule has 1 rings (SSSR count). The van der Waals surface area contributed by atoms with Crippen molar-refractivity contribution in [1.29, 1.82) is 0 Å². The summed E-state index contributed by atoms with van der Waals surface area (Å²) >= 11 is 0. The predicted molar refractivity (Wildman–Crippen MR) is 39.8 cm³/mol. The monoisotopic (exact) mass is 126 g/mol. The maximum Gasteiger partial charge on any atom is 0.0988 e. The van der Waals surface area contributed by atoms with E-state index in [1.165, 1.54) is 18.7 Å². The summed E-state index contributed by atoms with van der Waals surface area (Å²) in [5.41, 5.74) is 0. The molecular formula is C7H14N2. The van der Waals surface area contributed by atoms with Gasteiger partial charge in [-0.05, 0) is 12.8 Å². The summed E-state index contributed by atoms with van der Waals surface area (Å²) in [7, 11) is 1.85. The molecule has 0 saturated carbocycles. The Bertz CT molecular complexity index is 118. The van der Waals surface area contributed by atoms with E-state index in [9.17, 15) is 0 Å². The lowest BCUT2D eigenvalue weighted by Gasteiger charge is -2.21. The molecule has 9 heavy (non-hydrogen) atoms. The van der Waals surface area contributed by atoms with Crippen LogP contribution in [0.2, 0.25) is 0 Å². The van der Waals surface area contributed by atoms with Gasteiger partial charge in [0.1, 0.15) is 0 Å². The van der Waals surface area contributed by atoms with E-state index in [4.69, 9.17) is 0 Å². The normalized spacial score (nSPS) is 32.2. The fraction of sp³-hybridized carbons (Fsp3) is 0.857. The Hall–Kier alpha value is -0.530. The van der Waals surface area contributed by atoms with Crippen molar-refractivity contribution < 1.29 is 0 Å². The van der Waals surface area contributed by atoms with E-state index in [0.29, 0.717) is 5.92 Å². The van der Waals surface area contributed by atoms with E-state index >= 15 is 0 Å². The Labute approximate surface area is 56.4 Å². The van der Waals surface area contributed by atoms with Crippen LogP contribution in [0.15, 0.2) is 4.99 Å². The summed E-state index contributed by atoms with van der Waals surface area (Å²) in [5, 5.41) is 3.27. The summed E-state index contributed by atoms with van der Waals surface area (Å²) in [6.07, 6.45) is 2.58. The molecule has 1 N–H and O–H groups in total. The van der Waals surface area contributed by atoms with Crippen molar-refractivity contribution in [2.24, 2.45) is 10.9 Å². The minimum Gasteiger partial charge on any atom is -0.374 e. The van der Waals surface area contributed by atoms with E-state index in [-0.39, 0.29) is 0 Å². The maximum absolute atomic E-state index is 4.13. The number of rotatable bonds is 0. The molecule has 1 unspecified atom stereocenters. The van der Waals surface area contributed by atoms with Crippen molar-refractivity contribution in [3.8, 4) is 0 Å². The van der Waals surface area contributed by atoms with Crippen LogP contribution >= 0.6 is 0 Å². The molecule has 1 saturated heterocycles. The quantitative estimate of drug-likeness (QED) is 0.515. The van der Waals surface area contributed by atoms with Gasteiger partial charge in [-0.2, -0.15) is 0 Å². The van der Waals surface area contributed by atoms with Crippen molar-refractivity contribution in [2.75, 3.05) is 13.6 Å². The SMILES string of the molecule is CN=C1NCCCC1C. The zero-order valence-electron chi connectivity index (χ0n) is 6.15. The third-order valence-electron chi connectivity index (χ3n) is 1.83. The molecule has 1 aliphatic heterocycles. The third kappa shape index (κ3) is 1.44. The molecule has 0 radical (unpaired) electrons. The molecule has 0 amide bonds. The molecule has 0 aromatic heterocycles. The van der Waals surface area contributed by atoms with E-state index in [2.05, 4.69) is 17.2 Å². The van der Waals surface area contributed by atoms with Crippen LogP contribution in [-0.2, 0) is 0 Å². The zero-order valence-corrected chi connectivity index (χ0v) is 6.15. The molecular weight excluding hydrogens is 112 g/mol. The fourth-order valence-corrected chi connectivity index (χ4v) is 1.24. The highest BCUT2D eigenvalue weighted by molar-refractivity contribution is 5.84. The van der Waals surface area contributed by atoms with Crippen LogP contribution in [0.1, 0.15) is 19.8 Å². The van der Waals surface area contributed by atoms with Crippen molar-refractivity contribution in [1.82, 2.24) is 5.32 Å². The van der Waals surface area contributed by atoms with Crippen molar-refractivity contribution in [3.63, 3.8) is 0 Å². The summed E-state index contributed by atoms with van der Waals surface area (Å²) in [6, 6.07) is 0. The van der Waals surface area contributed by atoms with Gasteiger partial charge >= 0.3 is 0 Å². The second-order valence-electron chi connectivity index (χ2n) is 2.58. The number of nitrogens with one attached hydrogen (secondary N) is 1. The minimum absolute atomic E-state index is 0.656. The van der Waals surface area contributed by atoms with Crippen molar-refractivity contribution >= 4 is 5.84 Å². The maximum atomic E-state index is 4.13. The highest BCUT2D eigenvalue weighted by Crippen LogP contribution is 2.10. The number of amidine groups is 1. The summed E-state index contributed by atoms with van der Waals surface area (Å²) in [4.78, 5) is 4.13. The molecule has 0 aliphatic carbocycles. The highest BCUT2D eigenvalue weighted by Gasteiger charge is 2.13. The largest absolute Gasteiger partial charge is 0.374 e. The van der Waals surface area contributed by atoms with E-state index in [0.717, 1.165) is 6.54 Å². The van der Waals surface area contributed by atoms with Crippen molar-refractivity contribution in [3.05, 3.63) is 0 Å². The molecule has 2 heteroatoms. The Kier molecular flexibility index (Phi) is 2.09. The van der Waals surface area contributed by atoms with Crippen molar-refractivity contribution in [2.45, 2.75) is 19.8 Å². The number of hydrogen-bond acceptors (Lipinski definition) is 1. The van der Waals surface area contributed by atoms with Gasteiger partial charge in [-0.15, -0.1) is 0 Å². The lowest BCUT2D eigenvalue weighted by Crippen LogP contribution is -2.35. The van der Waals surface area contributed by atoms with Crippen LogP contribution in [0.4, 0.5) is 0 Å². The first-order chi connectivity index (χ1) is 4.34. The van der Waals surface area contributed by atoms with Gasteiger partial charge in [-0.3, -0.25) is 4.99 Å². The average molecular weight is 126 g/mol. The lowest BCUT2D eigenvalue weighted by atomic mass is 10.0. The van der Waals surface area contributed by atoms with Crippen LogP contribution in [0, 0.1) is 5.92 Å². The number of aliphatic imine (C=N–C) groups is 1. The second kappa shape index (κ2) is 2.85. The molecule has 52 valence electrons. The van der Waals surface area contributed by atoms with E-state index in [1.54, 1.807) is 0 Å². The molecule has 1 heterocycles. The first kappa shape index (κ1) is 6.59. The van der Waals surface area contributed by atoms with E-state index in [1.807, 2.05) is 7.05 Å². The summed E-state index contributed by atoms with van der Waals surface area (Å²) in [5.74, 6) is 1.84. The van der Waals surface area contributed by atoms with Crippen LogP contribution in [-0.4, -0.2) is 19.4 Å². The molecule has 1 fully saturated rings. The van der Waals surface area contributed by atoms with Gasteiger partial charge in [0.15, 0.2) is 0 Å². The van der Waals surface area contributed by atoms with Crippen LogP contribution in [0.3, 0.4) is 0 Å². The lowest BCUT2D eigenvalue weighted by molar-refractivity contribution is 0.558. The number of piperidine rings is 1. The van der Waals surface area contributed by atoms with Gasteiger partial charge in [0, 0.05) is 19.5 Å². The first-order valence-electron chi connectivity index (χ1n) is 3.55. The highest BCUT2D eigenvalue weighted by atomic mass is 15.0. The molecule has 0 bridgehead atoms. The summed E-state index contributed by atoms with van der Waals surface area (Å²) < 4.78 is 0. The van der Waals surface area contributed by atoms with Gasteiger partial charge in [0.05, 0.1) is 5.84 Å². The molecule has 1 atom stereocenters. The minimum atomic E-state index is 0.656. The van der Waals surface area contributed by atoms with Crippen LogP contribution in [0.25, 0.3) is 0 Å². The first-order valence-corrected chi connectivity index (χ1v) is 3.55. The number of hydrogen-bond donors (Lipinski definition) is 1. The molecule has 0 aromatic rings. The topological polar surface area (TPSA) is 24.4 Å².